The fraction of sp³-hybridized carbons (Fsp3) is 0.500. The first-order valence-corrected chi connectivity index (χ1v) is 14.1. The van der Waals surface area contributed by atoms with Crippen LogP contribution < -0.4 is 0 Å². The number of ketones is 1. The molecule has 0 spiro atoms. The van der Waals surface area contributed by atoms with Gasteiger partial charge in [-0.2, -0.15) is 13.5 Å². The third-order valence-electron chi connectivity index (χ3n) is 8.89. The van der Waals surface area contributed by atoms with Crippen molar-refractivity contribution in [2.75, 3.05) is 5.75 Å². The molecule has 2 heterocycles. The Kier molecular flexibility index (Phi) is 6.65. The van der Waals surface area contributed by atoms with Gasteiger partial charge in [-0.05, 0) is 30.2 Å². The van der Waals surface area contributed by atoms with Crippen LogP contribution in [0.5, 0.6) is 0 Å². The number of hydrogen-bond acceptors (Lipinski definition) is 8. The lowest BCUT2D eigenvalue weighted by atomic mass is 9.70. The quantitative estimate of drug-likeness (QED) is 0.360. The summed E-state index contributed by atoms with van der Waals surface area (Å²) in [7, 11) is -4.62. The van der Waals surface area contributed by atoms with E-state index >= 15 is 8.78 Å². The van der Waals surface area contributed by atoms with Gasteiger partial charge in [0.15, 0.2) is 5.82 Å². The zero-order chi connectivity index (χ0) is 28.2. The van der Waals surface area contributed by atoms with Crippen molar-refractivity contribution < 1.29 is 30.6 Å². The zero-order valence-electron chi connectivity index (χ0n) is 21.6. The molecule has 0 N–H and O–H groups in total. The highest BCUT2D eigenvalue weighted by Crippen LogP contribution is 2.64. The van der Waals surface area contributed by atoms with Crippen molar-refractivity contribution in [2.24, 2.45) is 16.7 Å². The molecular formula is C26H28F3N5O4S. The molecule has 1 unspecified atom stereocenters. The van der Waals surface area contributed by atoms with Crippen molar-refractivity contribution >= 4 is 15.9 Å². The van der Waals surface area contributed by atoms with E-state index in [1.165, 1.54) is 24.3 Å². The van der Waals surface area contributed by atoms with E-state index in [9.17, 15) is 17.6 Å². The highest BCUT2D eigenvalue weighted by Gasteiger charge is 2.66. The van der Waals surface area contributed by atoms with E-state index < -0.39 is 62.2 Å². The molecule has 39 heavy (non-hydrogen) atoms. The van der Waals surface area contributed by atoms with Crippen molar-refractivity contribution in [1.29, 1.82) is 0 Å². The van der Waals surface area contributed by atoms with Gasteiger partial charge in [-0.15, -0.1) is 0 Å². The molecule has 0 amide bonds. The molecule has 0 aliphatic heterocycles. The van der Waals surface area contributed by atoms with Crippen LogP contribution in [0, 0.1) is 34.2 Å². The summed E-state index contributed by atoms with van der Waals surface area (Å²) < 4.78 is 79.6. The Bertz CT molecular complexity index is 1520. The molecular weight excluding hydrogens is 535 g/mol. The highest BCUT2D eigenvalue weighted by molar-refractivity contribution is 7.86. The topological polar surface area (TPSA) is 117 Å². The van der Waals surface area contributed by atoms with Gasteiger partial charge in [0.2, 0.25) is 0 Å². The van der Waals surface area contributed by atoms with Crippen LogP contribution in [0.1, 0.15) is 57.2 Å². The summed E-state index contributed by atoms with van der Waals surface area (Å²) in [6.07, 6.45) is 5.78. The Labute approximate surface area is 224 Å². The highest BCUT2D eigenvalue weighted by atomic mass is 32.2. The third kappa shape index (κ3) is 4.45. The third-order valence-corrected chi connectivity index (χ3v) is 10.3. The molecule has 13 heteroatoms. The monoisotopic (exact) mass is 563 g/mol. The summed E-state index contributed by atoms with van der Waals surface area (Å²) in [5.74, 6) is -4.89. The molecule has 0 radical (unpaired) electrons. The zero-order valence-corrected chi connectivity index (χ0v) is 22.5. The minimum absolute atomic E-state index is 0.0451. The summed E-state index contributed by atoms with van der Waals surface area (Å²) in [4.78, 5) is 24.6. The number of rotatable bonds is 9. The van der Waals surface area contributed by atoms with Crippen LogP contribution in [0.4, 0.5) is 13.2 Å². The first kappa shape index (κ1) is 27.4. The normalized spacial score (nSPS) is 24.6. The standard InChI is InChI=1S/C26H28F3N5O4S/c1-16(23-21(29)10-30-13-32-23)26(11-34-15-31-14-33-34,19-5-4-18(27)9-20(19)28)38-39(36,37)12-25-7-6-17(8-22(25)35)24(25,2)3/h4-5,9-10,13-17H,6-8,11-12H2,1-3H3/t16-,17?,25-,26+/m1/s1. The summed E-state index contributed by atoms with van der Waals surface area (Å²) in [5.41, 5.74) is -4.59. The van der Waals surface area contributed by atoms with Crippen LogP contribution in [0.15, 0.2) is 43.4 Å². The fourth-order valence-corrected chi connectivity index (χ4v) is 8.59. The van der Waals surface area contributed by atoms with Crippen LogP contribution in [0.2, 0.25) is 0 Å². The smallest absolute Gasteiger partial charge is 0.269 e. The molecule has 2 aliphatic rings. The first-order valence-electron chi connectivity index (χ1n) is 12.5. The van der Waals surface area contributed by atoms with Gasteiger partial charge in [0.25, 0.3) is 10.1 Å². The van der Waals surface area contributed by atoms with Crippen molar-refractivity contribution in [1.82, 2.24) is 24.7 Å². The SMILES string of the molecule is C[C@H](c1ncncc1F)[C@](Cn1cncn1)(OS(=O)(=O)C[C@]12CCC(CC1=O)C2(C)C)c1ccc(F)cc1F. The molecule has 2 aliphatic carbocycles. The molecule has 5 rings (SSSR count). The lowest BCUT2D eigenvalue weighted by molar-refractivity contribution is -0.128. The average molecular weight is 564 g/mol. The summed E-state index contributed by atoms with van der Waals surface area (Å²) in [6, 6.07) is 2.60. The van der Waals surface area contributed by atoms with Gasteiger partial charge in [-0.25, -0.2) is 32.8 Å². The molecule has 3 aromatic rings. The molecule has 2 fully saturated rings. The maximum atomic E-state index is 15.5. The van der Waals surface area contributed by atoms with Gasteiger partial charge in [0, 0.05) is 24.0 Å². The van der Waals surface area contributed by atoms with Gasteiger partial charge in [0.1, 0.15) is 42.0 Å². The lowest BCUT2D eigenvalue weighted by Gasteiger charge is -2.41. The fourth-order valence-electron chi connectivity index (χ4n) is 6.51. The Morgan fingerprint density at radius 2 is 1.95 bits per heavy atom. The van der Waals surface area contributed by atoms with E-state index in [1.807, 2.05) is 13.8 Å². The van der Waals surface area contributed by atoms with Crippen LogP contribution in [0.3, 0.4) is 0 Å². The molecule has 2 aromatic heterocycles. The number of carbonyl (C=O) groups is 1. The van der Waals surface area contributed by atoms with Crippen LogP contribution in [-0.4, -0.2) is 44.7 Å². The van der Waals surface area contributed by atoms with Gasteiger partial charge in [-0.1, -0.05) is 26.8 Å². The van der Waals surface area contributed by atoms with E-state index in [1.54, 1.807) is 0 Å². The maximum absolute atomic E-state index is 15.5. The number of fused-ring (bicyclic) bond motifs is 2. The Balaban J connectivity index is 1.68. The number of halogens is 3. The predicted molar refractivity (Wildman–Crippen MR) is 132 cm³/mol. The van der Waals surface area contributed by atoms with Crippen molar-refractivity contribution in [3.8, 4) is 0 Å². The van der Waals surface area contributed by atoms with E-state index in [-0.39, 0.29) is 29.4 Å². The minimum Gasteiger partial charge on any atom is -0.299 e. The Morgan fingerprint density at radius 1 is 1.18 bits per heavy atom. The molecule has 4 atom stereocenters. The molecule has 0 saturated heterocycles. The molecule has 2 bridgehead atoms. The predicted octanol–water partition coefficient (Wildman–Crippen LogP) is 3.93. The summed E-state index contributed by atoms with van der Waals surface area (Å²) in [5, 5.41) is 4.03. The van der Waals surface area contributed by atoms with Gasteiger partial charge in [0.05, 0.1) is 29.6 Å². The van der Waals surface area contributed by atoms with Crippen LogP contribution >= 0.6 is 0 Å². The van der Waals surface area contributed by atoms with E-state index in [0.717, 1.165) is 24.7 Å². The molecule has 1 aromatic carbocycles. The number of aromatic nitrogens is 5. The minimum atomic E-state index is -4.62. The first-order chi connectivity index (χ1) is 18.3. The summed E-state index contributed by atoms with van der Waals surface area (Å²) >= 11 is 0. The maximum Gasteiger partial charge on any atom is 0.269 e. The number of hydrogen-bond donors (Lipinski definition) is 0. The van der Waals surface area contributed by atoms with Crippen molar-refractivity contribution in [3.63, 3.8) is 0 Å². The number of nitrogens with zero attached hydrogens (tertiary/aromatic N) is 5. The Hall–Kier alpha value is -3.19. The van der Waals surface area contributed by atoms with Crippen molar-refractivity contribution in [3.05, 3.63) is 72.1 Å². The average Bonchev–Trinajstić information content (AvgIpc) is 3.49. The van der Waals surface area contributed by atoms with Crippen LogP contribution in [-0.2, 0) is 31.2 Å². The molecule has 2 saturated carbocycles. The number of benzene rings is 1. The van der Waals surface area contributed by atoms with E-state index in [4.69, 9.17) is 4.18 Å². The van der Waals surface area contributed by atoms with Crippen molar-refractivity contribution in [2.45, 2.75) is 58.1 Å². The van der Waals surface area contributed by atoms with Crippen LogP contribution in [0.25, 0.3) is 0 Å². The molecule has 9 nitrogen and oxygen atoms in total. The van der Waals surface area contributed by atoms with E-state index in [0.29, 0.717) is 18.9 Å². The summed E-state index contributed by atoms with van der Waals surface area (Å²) in [6.45, 7) is 4.74. The van der Waals surface area contributed by atoms with Gasteiger partial charge >= 0.3 is 0 Å². The number of Topliss-reactive ketones (excluding diaryl/α,β-unsaturated/α-hetero) is 1. The van der Waals surface area contributed by atoms with Gasteiger partial charge < -0.3 is 0 Å². The molecule has 208 valence electrons. The number of carbonyl (C=O) groups excluding carboxylic acids is 1. The van der Waals surface area contributed by atoms with E-state index in [2.05, 4.69) is 20.1 Å². The second-order valence-corrected chi connectivity index (χ2v) is 12.6. The largest absolute Gasteiger partial charge is 0.299 e. The lowest BCUT2D eigenvalue weighted by Crippen LogP contribution is -2.47. The Morgan fingerprint density at radius 3 is 2.54 bits per heavy atom. The van der Waals surface area contributed by atoms with Gasteiger partial charge in [-0.3, -0.25) is 8.98 Å². The second-order valence-electron chi connectivity index (χ2n) is 11.0. The second kappa shape index (κ2) is 9.47.